The Morgan fingerprint density at radius 3 is 2.45 bits per heavy atom. The predicted molar refractivity (Wildman–Crippen MR) is 75.0 cm³/mol. The molecule has 5 nitrogen and oxygen atoms in total. The molecule has 2 aromatic rings. The fourth-order valence-corrected chi connectivity index (χ4v) is 1.87. The third-order valence-electron chi connectivity index (χ3n) is 2.45. The first-order chi connectivity index (χ1) is 9.51. The molecular weight excluding hydrogens is 305 g/mol. The Hall–Kier alpha value is -2.11. The van der Waals surface area contributed by atoms with Crippen molar-refractivity contribution in [3.05, 3.63) is 62.1 Å². The highest BCUT2D eigenvalue weighted by molar-refractivity contribution is 6.32. The van der Waals surface area contributed by atoms with Crippen molar-refractivity contribution in [2.45, 2.75) is 0 Å². The number of nitrogens with zero attached hydrogens (tertiary/aromatic N) is 1. The van der Waals surface area contributed by atoms with Crippen LogP contribution in [0.3, 0.4) is 0 Å². The zero-order valence-corrected chi connectivity index (χ0v) is 11.4. The van der Waals surface area contributed by atoms with Gasteiger partial charge in [0.1, 0.15) is 11.5 Å². The maximum Gasteiger partial charge on any atom is 0.271 e. The Morgan fingerprint density at radius 2 is 1.85 bits per heavy atom. The summed E-state index contributed by atoms with van der Waals surface area (Å²) in [4.78, 5) is 21.0. The van der Waals surface area contributed by atoms with E-state index >= 15 is 0 Å². The molecule has 0 amide bonds. The Balaban J connectivity index is 2.37. The van der Waals surface area contributed by atoms with Gasteiger partial charge in [-0.05, 0) is 18.2 Å². The summed E-state index contributed by atoms with van der Waals surface area (Å²) < 4.78 is 5.48. The lowest BCUT2D eigenvalue weighted by Crippen LogP contribution is -1.93. The molecule has 0 heterocycles. The van der Waals surface area contributed by atoms with Gasteiger partial charge >= 0.3 is 0 Å². The third kappa shape index (κ3) is 3.07. The predicted octanol–water partition coefficient (Wildman–Crippen LogP) is 4.51. The van der Waals surface area contributed by atoms with Gasteiger partial charge in [-0.2, -0.15) is 0 Å². The summed E-state index contributed by atoms with van der Waals surface area (Å²) in [5.74, 6) is 0.422. The van der Waals surface area contributed by atoms with Crippen LogP contribution in [0.2, 0.25) is 10.0 Å². The van der Waals surface area contributed by atoms with Crippen LogP contribution in [0.4, 0.5) is 5.69 Å². The first-order valence-corrected chi connectivity index (χ1v) is 6.13. The molecule has 0 aliphatic rings. The van der Waals surface area contributed by atoms with Crippen LogP contribution in [-0.4, -0.2) is 11.2 Å². The van der Waals surface area contributed by atoms with Gasteiger partial charge in [-0.15, -0.1) is 0 Å². The lowest BCUT2D eigenvalue weighted by Gasteiger charge is -2.09. The number of aldehydes is 1. The number of benzene rings is 2. The molecule has 0 N–H and O–H groups in total. The first-order valence-electron chi connectivity index (χ1n) is 5.38. The summed E-state index contributed by atoms with van der Waals surface area (Å²) in [6.45, 7) is 0. The van der Waals surface area contributed by atoms with Gasteiger partial charge in [0.25, 0.3) is 5.69 Å². The van der Waals surface area contributed by atoms with E-state index in [9.17, 15) is 14.9 Å². The summed E-state index contributed by atoms with van der Waals surface area (Å²) in [5.41, 5.74) is 0.146. The summed E-state index contributed by atoms with van der Waals surface area (Å²) in [6.07, 6.45) is 0.616. The molecule has 7 heteroatoms. The minimum absolute atomic E-state index is 0.0658. The molecule has 0 saturated carbocycles. The van der Waals surface area contributed by atoms with Crippen LogP contribution < -0.4 is 4.74 Å². The molecule has 0 aliphatic carbocycles. The molecule has 0 fully saturated rings. The van der Waals surface area contributed by atoms with Crippen molar-refractivity contribution in [1.29, 1.82) is 0 Å². The maximum absolute atomic E-state index is 10.9. The average Bonchev–Trinajstić information content (AvgIpc) is 2.41. The highest BCUT2D eigenvalue weighted by Gasteiger charge is 2.12. The molecule has 0 unspecified atom stereocenters. The van der Waals surface area contributed by atoms with Gasteiger partial charge in [0.05, 0.1) is 15.5 Å². The van der Waals surface area contributed by atoms with E-state index in [1.807, 2.05) is 0 Å². The summed E-state index contributed by atoms with van der Waals surface area (Å²) >= 11 is 11.7. The number of halogens is 2. The number of hydrogen-bond donors (Lipinski definition) is 0. The zero-order valence-electron chi connectivity index (χ0n) is 9.88. The second-order valence-electron chi connectivity index (χ2n) is 3.77. The first kappa shape index (κ1) is 14.3. The van der Waals surface area contributed by atoms with Gasteiger partial charge < -0.3 is 4.74 Å². The molecule has 2 rings (SSSR count). The van der Waals surface area contributed by atoms with Gasteiger partial charge in [0, 0.05) is 23.2 Å². The van der Waals surface area contributed by atoms with E-state index < -0.39 is 4.92 Å². The van der Waals surface area contributed by atoms with Crippen LogP contribution in [0.15, 0.2) is 36.4 Å². The quantitative estimate of drug-likeness (QED) is 0.473. The molecule has 0 aliphatic heterocycles. The minimum atomic E-state index is -0.564. The van der Waals surface area contributed by atoms with Crippen LogP contribution >= 0.6 is 23.2 Å². The van der Waals surface area contributed by atoms with Crippen molar-refractivity contribution in [2.75, 3.05) is 0 Å². The SMILES string of the molecule is O=Cc1ccc(Cl)cc1Oc1ccc([N+](=O)[O-])cc1Cl. The Bertz CT molecular complexity index is 688. The topological polar surface area (TPSA) is 69.4 Å². The second kappa shape index (κ2) is 5.90. The van der Waals surface area contributed by atoms with Crippen molar-refractivity contribution in [3.8, 4) is 11.5 Å². The van der Waals surface area contributed by atoms with Crippen molar-refractivity contribution >= 4 is 35.2 Å². The van der Waals surface area contributed by atoms with Crippen LogP contribution in [0, 0.1) is 10.1 Å². The fraction of sp³-hybridized carbons (Fsp3) is 0. The number of carbonyl (C=O) groups is 1. The van der Waals surface area contributed by atoms with Gasteiger partial charge in [-0.25, -0.2) is 0 Å². The average molecular weight is 312 g/mol. The van der Waals surface area contributed by atoms with E-state index in [1.54, 1.807) is 6.07 Å². The van der Waals surface area contributed by atoms with Gasteiger partial charge in [-0.3, -0.25) is 14.9 Å². The van der Waals surface area contributed by atoms with E-state index in [-0.39, 0.29) is 22.2 Å². The number of hydrogen-bond acceptors (Lipinski definition) is 4. The smallest absolute Gasteiger partial charge is 0.271 e. The third-order valence-corrected chi connectivity index (χ3v) is 2.98. The number of nitro groups is 1. The molecule has 0 aromatic heterocycles. The standard InChI is InChI=1S/C13H7Cl2NO4/c14-9-2-1-8(7-17)13(5-9)20-12-4-3-10(16(18)19)6-11(12)15/h1-7H. The highest BCUT2D eigenvalue weighted by Crippen LogP contribution is 2.34. The van der Waals surface area contributed by atoms with E-state index in [1.165, 1.54) is 30.3 Å². The molecule has 0 saturated heterocycles. The maximum atomic E-state index is 10.9. The van der Waals surface area contributed by atoms with E-state index in [2.05, 4.69) is 0 Å². The van der Waals surface area contributed by atoms with Crippen molar-refractivity contribution in [2.24, 2.45) is 0 Å². The fourth-order valence-electron chi connectivity index (χ4n) is 1.50. The van der Waals surface area contributed by atoms with Crippen LogP contribution in [0.1, 0.15) is 10.4 Å². The van der Waals surface area contributed by atoms with E-state index in [0.717, 1.165) is 0 Å². The second-order valence-corrected chi connectivity index (χ2v) is 4.62. The Labute approximate surface area is 123 Å². The lowest BCUT2D eigenvalue weighted by atomic mass is 10.2. The van der Waals surface area contributed by atoms with Crippen molar-refractivity contribution < 1.29 is 14.5 Å². The summed E-state index contributed by atoms with van der Waals surface area (Å²) in [7, 11) is 0. The van der Waals surface area contributed by atoms with Crippen molar-refractivity contribution in [1.82, 2.24) is 0 Å². The minimum Gasteiger partial charge on any atom is -0.455 e. The molecule has 0 radical (unpaired) electrons. The molecule has 0 spiro atoms. The lowest BCUT2D eigenvalue weighted by molar-refractivity contribution is -0.384. The van der Waals surface area contributed by atoms with Gasteiger partial charge in [-0.1, -0.05) is 23.2 Å². The number of nitro benzene ring substituents is 1. The van der Waals surface area contributed by atoms with Crippen LogP contribution in [0.25, 0.3) is 0 Å². The molecule has 2 aromatic carbocycles. The van der Waals surface area contributed by atoms with E-state index in [4.69, 9.17) is 27.9 Å². The van der Waals surface area contributed by atoms with Gasteiger partial charge in [0.15, 0.2) is 6.29 Å². The molecule has 0 atom stereocenters. The molecular formula is C13H7Cl2NO4. The van der Waals surface area contributed by atoms with Crippen molar-refractivity contribution in [3.63, 3.8) is 0 Å². The number of carbonyl (C=O) groups excluding carboxylic acids is 1. The summed E-state index contributed by atoms with van der Waals surface area (Å²) in [5, 5.41) is 11.1. The largest absolute Gasteiger partial charge is 0.455 e. The molecule has 102 valence electrons. The molecule has 20 heavy (non-hydrogen) atoms. The normalized spacial score (nSPS) is 10.1. The summed E-state index contributed by atoms with van der Waals surface area (Å²) in [6, 6.07) is 8.30. The van der Waals surface area contributed by atoms with Crippen LogP contribution in [0.5, 0.6) is 11.5 Å². The van der Waals surface area contributed by atoms with E-state index in [0.29, 0.717) is 16.9 Å². The Morgan fingerprint density at radius 1 is 1.10 bits per heavy atom. The monoisotopic (exact) mass is 311 g/mol. The molecule has 0 bridgehead atoms. The number of rotatable bonds is 4. The highest BCUT2D eigenvalue weighted by atomic mass is 35.5. The zero-order chi connectivity index (χ0) is 14.7. The van der Waals surface area contributed by atoms with Crippen LogP contribution in [-0.2, 0) is 0 Å². The Kier molecular flexibility index (Phi) is 4.22. The van der Waals surface area contributed by atoms with Gasteiger partial charge in [0.2, 0.25) is 0 Å². The number of ether oxygens (including phenoxy) is 1. The number of non-ortho nitro benzene ring substituents is 1.